The molecule has 1 heterocycles. The van der Waals surface area contributed by atoms with Gasteiger partial charge in [0, 0.05) is 19.1 Å². The van der Waals surface area contributed by atoms with Gasteiger partial charge in [0.25, 0.3) is 10.0 Å². The third kappa shape index (κ3) is 5.90. The summed E-state index contributed by atoms with van der Waals surface area (Å²) < 4.78 is 32.5. The molecular formula is C22H34N4O4S. The second-order valence-corrected chi connectivity index (χ2v) is 10.1. The van der Waals surface area contributed by atoms with Gasteiger partial charge in [-0.1, -0.05) is 44.7 Å². The molecule has 1 aromatic rings. The smallest absolute Gasteiger partial charge is 0.407 e. The number of rotatable bonds is 9. The van der Waals surface area contributed by atoms with Gasteiger partial charge in [-0.25, -0.2) is 17.5 Å². The van der Waals surface area contributed by atoms with Gasteiger partial charge in [-0.15, -0.1) is 0 Å². The number of hydrogen-bond acceptors (Lipinski definition) is 5. The molecule has 1 aromatic carbocycles. The number of ether oxygens (including phenoxy) is 1. The van der Waals surface area contributed by atoms with Gasteiger partial charge in [0.15, 0.2) is 0 Å². The Kier molecular flexibility index (Phi) is 8.17. The molecule has 31 heavy (non-hydrogen) atoms. The molecular weight excluding hydrogens is 416 g/mol. The van der Waals surface area contributed by atoms with Crippen molar-refractivity contribution in [3.63, 3.8) is 0 Å². The number of hydrogen-bond donors (Lipinski definition) is 2. The lowest BCUT2D eigenvalue weighted by Gasteiger charge is -2.32. The molecule has 1 aliphatic heterocycles. The maximum absolute atomic E-state index is 13.1. The number of nitrogens with zero attached hydrogens (tertiary/aromatic N) is 2. The molecule has 172 valence electrons. The summed E-state index contributed by atoms with van der Waals surface area (Å²) in [4.78, 5) is 13.7. The van der Waals surface area contributed by atoms with E-state index in [1.54, 1.807) is 24.3 Å². The summed E-state index contributed by atoms with van der Waals surface area (Å²) >= 11 is 0. The molecule has 2 fully saturated rings. The summed E-state index contributed by atoms with van der Waals surface area (Å²) in [6, 6.07) is 6.97. The van der Waals surface area contributed by atoms with E-state index in [1.165, 1.54) is 10.7 Å². The average molecular weight is 451 g/mol. The van der Waals surface area contributed by atoms with Crippen LogP contribution in [-0.2, 0) is 21.2 Å². The van der Waals surface area contributed by atoms with E-state index in [2.05, 4.69) is 5.32 Å². The molecule has 8 nitrogen and oxygen atoms in total. The summed E-state index contributed by atoms with van der Waals surface area (Å²) in [5, 5.41) is 11.2. The van der Waals surface area contributed by atoms with E-state index in [0.29, 0.717) is 32.7 Å². The largest absolute Gasteiger partial charge is 0.450 e. The molecule has 0 atom stereocenters. The van der Waals surface area contributed by atoms with E-state index in [0.717, 1.165) is 44.1 Å². The number of carbonyl (C=O) groups is 1. The summed E-state index contributed by atoms with van der Waals surface area (Å²) in [6.45, 7) is 3.78. The van der Waals surface area contributed by atoms with Crippen LogP contribution in [0.25, 0.3) is 0 Å². The molecule has 0 aromatic heterocycles. The van der Waals surface area contributed by atoms with Gasteiger partial charge in [0.05, 0.1) is 18.0 Å². The molecule has 1 amide bonds. The van der Waals surface area contributed by atoms with Gasteiger partial charge in [-0.05, 0) is 43.4 Å². The lowest BCUT2D eigenvalue weighted by Crippen LogP contribution is -2.42. The number of benzene rings is 1. The highest BCUT2D eigenvalue weighted by Gasteiger charge is 2.38. The van der Waals surface area contributed by atoms with Crippen molar-refractivity contribution in [1.82, 2.24) is 14.5 Å². The van der Waals surface area contributed by atoms with Crippen molar-refractivity contribution in [2.45, 2.75) is 69.2 Å². The maximum Gasteiger partial charge on any atom is 0.407 e. The second kappa shape index (κ2) is 10.8. The Morgan fingerprint density at radius 3 is 2.55 bits per heavy atom. The molecule has 1 saturated heterocycles. The first-order valence-corrected chi connectivity index (χ1v) is 12.7. The van der Waals surface area contributed by atoms with Crippen molar-refractivity contribution in [2.75, 3.05) is 26.2 Å². The molecule has 3 rings (SSSR count). The molecule has 0 unspecified atom stereocenters. The summed E-state index contributed by atoms with van der Waals surface area (Å²) in [7, 11) is -3.75. The van der Waals surface area contributed by atoms with Gasteiger partial charge in [0.2, 0.25) is 5.96 Å². The predicted octanol–water partition coefficient (Wildman–Crippen LogP) is 3.33. The van der Waals surface area contributed by atoms with Crippen LogP contribution in [-0.4, -0.2) is 62.0 Å². The van der Waals surface area contributed by atoms with Gasteiger partial charge >= 0.3 is 6.09 Å². The monoisotopic (exact) mass is 450 g/mol. The lowest BCUT2D eigenvalue weighted by molar-refractivity contribution is 0.144. The first-order chi connectivity index (χ1) is 14.9. The number of alkyl carbamates (subject to hydrolysis) is 1. The number of nitrogens with one attached hydrogen (secondary N) is 2. The van der Waals surface area contributed by atoms with Crippen molar-refractivity contribution < 1.29 is 17.9 Å². The molecule has 0 bridgehead atoms. The molecule has 2 aliphatic rings. The lowest BCUT2D eigenvalue weighted by atomic mass is 9.94. The topological polar surface area (TPSA) is 103 Å². The Labute approximate surface area is 185 Å². The van der Waals surface area contributed by atoms with Crippen molar-refractivity contribution >= 4 is 22.1 Å². The average Bonchev–Trinajstić information content (AvgIpc) is 3.17. The van der Waals surface area contributed by atoms with E-state index in [1.807, 2.05) is 11.8 Å². The fourth-order valence-corrected chi connectivity index (χ4v) is 5.55. The fourth-order valence-electron chi connectivity index (χ4n) is 4.16. The van der Waals surface area contributed by atoms with Crippen molar-refractivity contribution in [3.05, 3.63) is 29.8 Å². The van der Waals surface area contributed by atoms with Crippen LogP contribution in [0.2, 0.25) is 0 Å². The highest BCUT2D eigenvalue weighted by atomic mass is 32.2. The van der Waals surface area contributed by atoms with E-state index < -0.39 is 16.1 Å². The minimum absolute atomic E-state index is 0.0989. The van der Waals surface area contributed by atoms with Gasteiger partial charge in [-0.3, -0.25) is 5.41 Å². The third-order valence-electron chi connectivity index (χ3n) is 5.99. The normalized spacial score (nSPS) is 17.8. The third-order valence-corrected chi connectivity index (χ3v) is 7.80. The molecule has 0 spiro atoms. The van der Waals surface area contributed by atoms with E-state index in [4.69, 9.17) is 10.1 Å². The first-order valence-electron chi connectivity index (χ1n) is 11.3. The van der Waals surface area contributed by atoms with E-state index >= 15 is 0 Å². The van der Waals surface area contributed by atoms with Crippen molar-refractivity contribution in [1.29, 1.82) is 5.41 Å². The Bertz CT molecular complexity index is 851. The minimum Gasteiger partial charge on any atom is -0.450 e. The first kappa shape index (κ1) is 23.4. The highest BCUT2D eigenvalue weighted by Crippen LogP contribution is 2.28. The number of sulfonamides is 1. The zero-order valence-electron chi connectivity index (χ0n) is 18.3. The molecule has 9 heteroatoms. The van der Waals surface area contributed by atoms with Crippen LogP contribution >= 0.6 is 0 Å². The molecule has 1 aliphatic carbocycles. The maximum atomic E-state index is 13.1. The SMILES string of the molecule is CCCCOC(=O)NCCc1ccc(S(=O)(=O)N2CCN(C3CCCCC3)C2=N)cc1. The van der Waals surface area contributed by atoms with Crippen LogP contribution in [0.15, 0.2) is 29.2 Å². The second-order valence-electron chi connectivity index (χ2n) is 8.20. The van der Waals surface area contributed by atoms with Gasteiger partial charge < -0.3 is 15.0 Å². The number of amides is 1. The molecule has 1 saturated carbocycles. The minimum atomic E-state index is -3.75. The van der Waals surface area contributed by atoms with Gasteiger partial charge in [0.1, 0.15) is 0 Å². The Morgan fingerprint density at radius 2 is 1.87 bits per heavy atom. The van der Waals surface area contributed by atoms with E-state index in [-0.39, 0.29) is 16.9 Å². The van der Waals surface area contributed by atoms with E-state index in [9.17, 15) is 13.2 Å². The standard InChI is InChI=1S/C22H34N4O4S/c1-2-3-17-30-22(27)24-14-13-18-9-11-20(12-10-18)31(28,29)26-16-15-25(21(26)23)19-7-5-4-6-8-19/h9-12,19,23H,2-8,13-17H2,1H3,(H,24,27). The van der Waals surface area contributed by atoms with Crippen LogP contribution in [0.5, 0.6) is 0 Å². The Hall–Kier alpha value is -2.29. The van der Waals surface area contributed by atoms with Crippen LogP contribution in [0.4, 0.5) is 4.79 Å². The van der Waals surface area contributed by atoms with Crippen LogP contribution < -0.4 is 5.32 Å². The Morgan fingerprint density at radius 1 is 1.16 bits per heavy atom. The van der Waals surface area contributed by atoms with Crippen molar-refractivity contribution in [2.24, 2.45) is 0 Å². The number of carbonyl (C=O) groups excluding carboxylic acids is 1. The number of unbranched alkanes of at least 4 members (excludes halogenated alkanes) is 1. The zero-order valence-corrected chi connectivity index (χ0v) is 19.1. The quantitative estimate of drug-likeness (QED) is 0.562. The Balaban J connectivity index is 1.53. The fraction of sp³-hybridized carbons (Fsp3) is 0.636. The summed E-state index contributed by atoms with van der Waals surface area (Å²) in [6.07, 6.45) is 7.55. The summed E-state index contributed by atoms with van der Waals surface area (Å²) in [5.74, 6) is 0.0989. The van der Waals surface area contributed by atoms with Crippen LogP contribution in [0.1, 0.15) is 57.4 Å². The highest BCUT2D eigenvalue weighted by molar-refractivity contribution is 7.89. The molecule has 0 radical (unpaired) electrons. The number of guanidine groups is 1. The van der Waals surface area contributed by atoms with Gasteiger partial charge in [-0.2, -0.15) is 0 Å². The summed E-state index contributed by atoms with van der Waals surface area (Å²) in [5.41, 5.74) is 0.924. The predicted molar refractivity (Wildman–Crippen MR) is 120 cm³/mol. The molecule has 2 N–H and O–H groups in total. The van der Waals surface area contributed by atoms with Crippen LogP contribution in [0.3, 0.4) is 0 Å². The zero-order chi connectivity index (χ0) is 22.3. The van der Waals surface area contributed by atoms with Crippen LogP contribution in [0, 0.1) is 5.41 Å². The van der Waals surface area contributed by atoms with Crippen molar-refractivity contribution in [3.8, 4) is 0 Å².